The van der Waals surface area contributed by atoms with E-state index in [9.17, 15) is 0 Å². The van der Waals surface area contributed by atoms with Crippen LogP contribution in [0.2, 0.25) is 0 Å². The molecule has 0 atom stereocenters. The van der Waals surface area contributed by atoms with E-state index in [4.69, 9.17) is 0 Å². The molecule has 0 fully saturated rings. The van der Waals surface area contributed by atoms with Crippen LogP contribution in [0, 0.1) is 0 Å². The van der Waals surface area contributed by atoms with Crippen molar-refractivity contribution in [3.63, 3.8) is 0 Å². The zero-order chi connectivity index (χ0) is 74.4. The molecule has 0 N–H and O–H groups in total. The summed E-state index contributed by atoms with van der Waals surface area (Å²) >= 11 is 0. The van der Waals surface area contributed by atoms with Crippen LogP contribution < -0.4 is 26.2 Å². The molecule has 0 unspecified atom stereocenters. The number of rotatable bonds is 10. The van der Waals surface area contributed by atoms with E-state index in [1.165, 1.54) is 87.3 Å². The van der Waals surface area contributed by atoms with Gasteiger partial charge in [-0.3, -0.25) is 0 Å². The fourth-order valence-electron chi connectivity index (χ4n) is 18.6. The van der Waals surface area contributed by atoms with E-state index in [1.807, 2.05) is 0 Å². The highest BCUT2D eigenvalue weighted by molar-refractivity contribution is 7.00. The normalized spacial score (nSPS) is 12.7. The molecule has 0 bridgehead atoms. The molecular weight excluding hydrogens is 1340 g/mol. The van der Waals surface area contributed by atoms with Crippen molar-refractivity contribution >= 4 is 122 Å². The van der Waals surface area contributed by atoms with Gasteiger partial charge in [-0.15, -0.1) is 0 Å². The van der Waals surface area contributed by atoms with Crippen LogP contribution in [0.1, 0.15) is 52.7 Å². The Morgan fingerprint density at radius 1 is 0.225 bits per heavy atom. The van der Waals surface area contributed by atoms with Crippen molar-refractivity contribution in [3.05, 3.63) is 381 Å². The van der Waals surface area contributed by atoms with Crippen LogP contribution in [0.15, 0.2) is 370 Å². The van der Waals surface area contributed by atoms with Gasteiger partial charge in [0.2, 0.25) is 0 Å². The monoisotopic (exact) mass is 1420 g/mol. The Morgan fingerprint density at radius 2 is 0.505 bits per heavy atom. The Hall–Kier alpha value is -13.5. The quantitative estimate of drug-likeness (QED) is 0.100. The average molecular weight is 1420 g/mol. The number of hydrogen-bond acceptors (Lipinski definition) is 2. The lowest BCUT2D eigenvalue weighted by molar-refractivity contribution is 0.590. The average Bonchev–Trinajstić information content (AvgIpc) is 1.18. The number of nitrogens with zero attached hydrogens (tertiary/aromatic N) is 4. The Bertz CT molecular complexity index is 6680. The highest BCUT2D eigenvalue weighted by atomic mass is 15.2. The van der Waals surface area contributed by atoms with Gasteiger partial charge in [0, 0.05) is 72.2 Å². The molecule has 4 nitrogen and oxygen atoms in total. The van der Waals surface area contributed by atoms with Gasteiger partial charge in [-0.1, -0.05) is 333 Å². The van der Waals surface area contributed by atoms with Crippen LogP contribution in [0.5, 0.6) is 0 Å². The summed E-state index contributed by atoms with van der Waals surface area (Å²) < 4.78 is 5.07. The largest absolute Gasteiger partial charge is 0.310 e. The first-order valence-corrected chi connectivity index (χ1v) is 39.0. The molecule has 21 rings (SSSR count). The van der Waals surface area contributed by atoms with E-state index in [0.717, 1.165) is 118 Å². The van der Waals surface area contributed by atoms with Crippen LogP contribution >= 0.6 is 0 Å². The van der Waals surface area contributed by atoms with Crippen molar-refractivity contribution in [1.82, 2.24) is 9.13 Å². The summed E-state index contributed by atoms with van der Waals surface area (Å²) in [6.07, 6.45) is 0. The molecule has 0 radical (unpaired) electrons. The molecule has 0 saturated carbocycles. The first-order chi connectivity index (χ1) is 54.4. The molecule has 2 aliphatic rings. The number of para-hydroxylation sites is 4. The number of fused-ring (bicyclic) bond motifs is 12. The van der Waals surface area contributed by atoms with E-state index in [1.54, 1.807) is 0 Å². The van der Waals surface area contributed by atoms with Crippen LogP contribution in [0.25, 0.3) is 143 Å². The molecule has 19 aromatic rings. The summed E-state index contributed by atoms with van der Waals surface area (Å²) in [7, 11) is 0. The zero-order valence-electron chi connectivity index (χ0n) is 63.1. The number of hydrogen-bond donors (Lipinski definition) is 0. The number of aromatic nitrogens is 2. The second kappa shape index (κ2) is 25.6. The van der Waals surface area contributed by atoms with Gasteiger partial charge in [-0.05, 0) is 183 Å². The van der Waals surface area contributed by atoms with Crippen LogP contribution in [-0.4, -0.2) is 15.8 Å². The van der Waals surface area contributed by atoms with E-state index in [0.29, 0.717) is 0 Å². The van der Waals surface area contributed by atoms with Crippen LogP contribution in [0.3, 0.4) is 0 Å². The zero-order valence-corrected chi connectivity index (χ0v) is 63.1. The third-order valence-electron chi connectivity index (χ3n) is 23.7. The Labute approximate surface area is 648 Å². The van der Waals surface area contributed by atoms with Gasteiger partial charge in [0.05, 0.1) is 39.1 Å². The van der Waals surface area contributed by atoms with Crippen LogP contribution in [0.4, 0.5) is 34.1 Å². The van der Waals surface area contributed by atoms with Gasteiger partial charge < -0.3 is 18.9 Å². The topological polar surface area (TPSA) is 16.3 Å². The lowest BCUT2D eigenvalue weighted by Crippen LogP contribution is -2.61. The van der Waals surface area contributed by atoms with E-state index >= 15 is 0 Å². The van der Waals surface area contributed by atoms with Crippen molar-refractivity contribution in [2.75, 3.05) is 9.80 Å². The molecule has 0 amide bonds. The maximum Gasteiger partial charge on any atom is 0.252 e. The number of anilines is 6. The van der Waals surface area contributed by atoms with Crippen molar-refractivity contribution < 1.29 is 0 Å². The van der Waals surface area contributed by atoms with Gasteiger partial charge in [0.25, 0.3) is 6.71 Å². The predicted molar refractivity (Wildman–Crippen MR) is 474 cm³/mol. The summed E-state index contributed by atoms with van der Waals surface area (Å²) in [6, 6.07) is 140. The fraction of sp³-hybridized carbons (Fsp3) is 0.0755. The van der Waals surface area contributed by atoms with Crippen molar-refractivity contribution in [2.24, 2.45) is 0 Å². The highest BCUT2D eigenvalue weighted by Gasteiger charge is 2.47. The first-order valence-electron chi connectivity index (χ1n) is 39.0. The second-order valence-corrected chi connectivity index (χ2v) is 32.3. The molecule has 2 aromatic heterocycles. The van der Waals surface area contributed by atoms with Crippen molar-refractivity contribution in [3.8, 4) is 78.1 Å². The maximum absolute atomic E-state index is 2.75. The molecule has 526 valence electrons. The van der Waals surface area contributed by atoms with Crippen molar-refractivity contribution in [2.45, 2.75) is 52.4 Å². The van der Waals surface area contributed by atoms with Gasteiger partial charge >= 0.3 is 0 Å². The summed E-state index contributed by atoms with van der Waals surface area (Å²) in [5, 5.41) is 9.68. The molecule has 0 spiro atoms. The third kappa shape index (κ3) is 10.5. The summed E-state index contributed by atoms with van der Waals surface area (Å²) in [4.78, 5) is 5.49. The second-order valence-electron chi connectivity index (χ2n) is 32.3. The SMILES string of the molecule is CC(C)(C)c1cc(-c2ccccc2)c(N2c3cc(-c4c5ccccc5c(-c5ccccc5)c5ccccc45)ccc3B3c4ccc(-n5c6ccccc6c6ccccc65)cc4N(c4c(-c5ccccc5)cc(C(C)(C)C)cc4-c4ccccc4)c4cc(-n5c6ccccc6c6ccccc65)cc2c43)c(-c2ccccc2)c1. The summed E-state index contributed by atoms with van der Waals surface area (Å²) in [5.74, 6) is 0. The molecule has 4 heterocycles. The van der Waals surface area contributed by atoms with Crippen molar-refractivity contribution in [1.29, 1.82) is 0 Å². The Balaban J connectivity index is 0.980. The Kier molecular flexibility index (Phi) is 15.2. The number of benzene rings is 17. The Morgan fingerprint density at radius 3 is 0.856 bits per heavy atom. The smallest absolute Gasteiger partial charge is 0.252 e. The molecule has 17 aromatic carbocycles. The molecular formula is C106H79BN4. The lowest BCUT2D eigenvalue weighted by Gasteiger charge is -2.46. The van der Waals surface area contributed by atoms with Gasteiger partial charge in [-0.25, -0.2) is 0 Å². The minimum atomic E-state index is -0.307. The lowest BCUT2D eigenvalue weighted by atomic mass is 9.33. The van der Waals surface area contributed by atoms with E-state index < -0.39 is 0 Å². The maximum atomic E-state index is 2.75. The van der Waals surface area contributed by atoms with Gasteiger partial charge in [0.1, 0.15) is 0 Å². The molecule has 2 aliphatic heterocycles. The standard InChI is InChI=1S/C106H79BN4/c1-105(2,3)74-61-86(68-34-12-7-13-35-68)103(87(62-74)69-36-14-8-15-37-69)110-96-60-73(101-84-50-24-22-48-82(84)100(72-42-20-11-21-43-72)83-49-23-25-51-85(83)101)56-58-90(96)107-91-59-57-76(108-92-52-30-26-44-78(92)79-45-27-31-53-93(79)108)65-97(91)111(99-67-77(66-98(110)102(99)107)109-94-54-32-28-46-80(94)81-47-29-33-55-95(81)109)104-88(70-38-16-9-17-39-70)63-75(106(4,5)6)64-89(104)71-40-18-10-19-41-71/h7-67H,1-6H3. The summed E-state index contributed by atoms with van der Waals surface area (Å²) in [6.45, 7) is 13.9. The van der Waals surface area contributed by atoms with E-state index in [2.05, 4.69) is 431 Å². The molecule has 0 saturated heterocycles. The first kappa shape index (κ1) is 65.8. The van der Waals surface area contributed by atoms with Gasteiger partial charge in [0.15, 0.2) is 0 Å². The third-order valence-corrected chi connectivity index (χ3v) is 23.7. The molecule has 5 heteroatoms. The minimum Gasteiger partial charge on any atom is -0.310 e. The van der Waals surface area contributed by atoms with E-state index in [-0.39, 0.29) is 17.5 Å². The van der Waals surface area contributed by atoms with Crippen LogP contribution in [-0.2, 0) is 10.8 Å². The van der Waals surface area contributed by atoms with Gasteiger partial charge in [-0.2, -0.15) is 0 Å². The summed E-state index contributed by atoms with van der Waals surface area (Å²) in [5.41, 5.74) is 33.0. The minimum absolute atomic E-state index is 0.225. The molecule has 0 aliphatic carbocycles. The predicted octanol–water partition coefficient (Wildman–Crippen LogP) is 26.9. The fourth-order valence-corrected chi connectivity index (χ4v) is 18.6. The highest BCUT2D eigenvalue weighted by Crippen LogP contribution is 2.57. The molecule has 111 heavy (non-hydrogen) atoms.